The van der Waals surface area contributed by atoms with E-state index in [-0.39, 0.29) is 5.41 Å². The van der Waals surface area contributed by atoms with Gasteiger partial charge in [0, 0.05) is 48.6 Å². The van der Waals surface area contributed by atoms with Gasteiger partial charge in [0.25, 0.3) is 0 Å². The Morgan fingerprint density at radius 2 is 1.88 bits per heavy atom. The summed E-state index contributed by atoms with van der Waals surface area (Å²) in [5.74, 6) is 8.19. The summed E-state index contributed by atoms with van der Waals surface area (Å²) in [6.45, 7) is 9.30. The number of nitrogens with one attached hydrogen (secondary N) is 4. The van der Waals surface area contributed by atoms with Gasteiger partial charge in [-0.25, -0.2) is 9.78 Å². The fraction of sp³-hybridized carbons (Fsp3) is 0.300. The molecule has 0 radical (unpaired) electrons. The number of carbonyl (C=O) groups excluding carboxylic acids is 1. The van der Waals surface area contributed by atoms with E-state index in [0.717, 1.165) is 46.1 Å². The zero-order chi connectivity index (χ0) is 28.8. The largest absolute Gasteiger partial charge is 0.492 e. The first kappa shape index (κ1) is 28.2. The molecule has 0 atom stereocenters. The van der Waals surface area contributed by atoms with Gasteiger partial charge in [-0.2, -0.15) is 0 Å². The molecule has 3 heterocycles. The van der Waals surface area contributed by atoms with Crippen LogP contribution in [-0.4, -0.2) is 53.9 Å². The Morgan fingerprint density at radius 3 is 2.63 bits per heavy atom. The SMILES string of the molecule is CNCCNCCOc1ccc2c(c1)sc1nc(C#Cc3ccc(NC(=O)Nc4cc(C(C)(C)C)on4)cc3)cn12. The van der Waals surface area contributed by atoms with Crippen molar-refractivity contribution in [3.63, 3.8) is 0 Å². The third-order valence-corrected chi connectivity index (χ3v) is 7.15. The van der Waals surface area contributed by atoms with Gasteiger partial charge >= 0.3 is 6.03 Å². The molecule has 0 fully saturated rings. The highest BCUT2D eigenvalue weighted by Crippen LogP contribution is 2.29. The molecule has 5 aromatic rings. The monoisotopic (exact) mass is 571 g/mol. The minimum atomic E-state index is -0.404. The Morgan fingerprint density at radius 1 is 1.05 bits per heavy atom. The molecule has 0 bridgehead atoms. The number of urea groups is 1. The van der Waals surface area contributed by atoms with Crippen LogP contribution in [0.1, 0.15) is 37.8 Å². The molecule has 0 unspecified atom stereocenters. The predicted molar refractivity (Wildman–Crippen MR) is 163 cm³/mol. The molecule has 0 aliphatic rings. The summed E-state index contributed by atoms with van der Waals surface area (Å²) in [5, 5.41) is 15.8. The fourth-order valence-corrected chi connectivity index (χ4v) is 4.99. The molecule has 4 N–H and O–H groups in total. The van der Waals surface area contributed by atoms with E-state index in [0.29, 0.717) is 29.6 Å². The van der Waals surface area contributed by atoms with Crippen molar-refractivity contribution in [1.29, 1.82) is 0 Å². The van der Waals surface area contributed by atoms with Crippen LogP contribution in [0.2, 0.25) is 0 Å². The Balaban J connectivity index is 1.17. The summed E-state index contributed by atoms with van der Waals surface area (Å²) in [6, 6.07) is 14.7. The van der Waals surface area contributed by atoms with E-state index in [4.69, 9.17) is 9.26 Å². The molecular formula is C30H33N7O3S. The van der Waals surface area contributed by atoms with Crippen molar-refractivity contribution in [2.24, 2.45) is 0 Å². The molecule has 41 heavy (non-hydrogen) atoms. The van der Waals surface area contributed by atoms with E-state index < -0.39 is 6.03 Å². The summed E-state index contributed by atoms with van der Waals surface area (Å²) in [6.07, 6.45) is 1.95. The van der Waals surface area contributed by atoms with Crippen LogP contribution in [0.5, 0.6) is 5.75 Å². The van der Waals surface area contributed by atoms with Crippen molar-refractivity contribution in [2.75, 3.05) is 43.9 Å². The number of amides is 2. The summed E-state index contributed by atoms with van der Waals surface area (Å²) in [4.78, 5) is 17.9. The average molecular weight is 572 g/mol. The van der Waals surface area contributed by atoms with E-state index >= 15 is 0 Å². The van der Waals surface area contributed by atoms with Crippen molar-refractivity contribution in [3.8, 4) is 17.6 Å². The van der Waals surface area contributed by atoms with E-state index in [1.165, 1.54) is 0 Å². The zero-order valence-electron chi connectivity index (χ0n) is 23.5. The molecule has 0 saturated heterocycles. The fourth-order valence-electron chi connectivity index (χ4n) is 3.95. The lowest BCUT2D eigenvalue weighted by Gasteiger charge is -2.12. The third-order valence-electron chi connectivity index (χ3n) is 6.13. The lowest BCUT2D eigenvalue weighted by Crippen LogP contribution is -2.28. The molecule has 212 valence electrons. The van der Waals surface area contributed by atoms with E-state index in [1.807, 2.05) is 52.2 Å². The van der Waals surface area contributed by atoms with Crippen LogP contribution in [0.15, 0.2) is 59.3 Å². The van der Waals surface area contributed by atoms with Crippen LogP contribution in [0, 0.1) is 11.8 Å². The predicted octanol–water partition coefficient (Wildman–Crippen LogP) is 5.07. The second-order valence-electron chi connectivity index (χ2n) is 10.4. The van der Waals surface area contributed by atoms with Crippen LogP contribution < -0.4 is 26.0 Å². The number of fused-ring (bicyclic) bond motifs is 3. The Labute approximate surface area is 242 Å². The molecule has 10 nitrogen and oxygen atoms in total. The van der Waals surface area contributed by atoms with Crippen LogP contribution in [-0.2, 0) is 5.41 Å². The highest BCUT2D eigenvalue weighted by molar-refractivity contribution is 7.23. The highest BCUT2D eigenvalue weighted by atomic mass is 32.1. The molecular weight excluding hydrogens is 538 g/mol. The molecule has 0 spiro atoms. The number of anilines is 2. The van der Waals surface area contributed by atoms with Crippen LogP contribution in [0.25, 0.3) is 15.2 Å². The van der Waals surface area contributed by atoms with Crippen molar-refractivity contribution < 1.29 is 14.1 Å². The number of aromatic nitrogens is 3. The highest BCUT2D eigenvalue weighted by Gasteiger charge is 2.20. The van der Waals surface area contributed by atoms with Crippen molar-refractivity contribution in [3.05, 3.63) is 71.7 Å². The molecule has 5 rings (SSSR count). The number of nitrogens with zero attached hydrogens (tertiary/aromatic N) is 3. The molecule has 0 saturated carbocycles. The number of hydrogen-bond donors (Lipinski definition) is 4. The number of benzene rings is 2. The first-order valence-electron chi connectivity index (χ1n) is 13.4. The Hall–Kier alpha value is -4.37. The normalized spacial score (nSPS) is 11.4. The molecule has 2 aromatic carbocycles. The van der Waals surface area contributed by atoms with Gasteiger partial charge in [-0.05, 0) is 55.4 Å². The number of imidazole rings is 1. The molecule has 3 aromatic heterocycles. The Kier molecular flexibility index (Phi) is 8.54. The summed E-state index contributed by atoms with van der Waals surface area (Å²) >= 11 is 1.60. The van der Waals surface area contributed by atoms with Gasteiger partial charge in [0.1, 0.15) is 23.8 Å². The van der Waals surface area contributed by atoms with Crippen molar-refractivity contribution in [1.82, 2.24) is 25.2 Å². The van der Waals surface area contributed by atoms with Crippen LogP contribution in [0.3, 0.4) is 0 Å². The topological polar surface area (TPSA) is 118 Å². The zero-order valence-corrected chi connectivity index (χ0v) is 24.3. The van der Waals surface area contributed by atoms with Crippen LogP contribution in [0.4, 0.5) is 16.3 Å². The average Bonchev–Trinajstić information content (AvgIpc) is 3.65. The number of rotatable bonds is 9. The van der Waals surface area contributed by atoms with E-state index in [2.05, 4.69) is 59.8 Å². The van der Waals surface area contributed by atoms with Crippen molar-refractivity contribution >= 4 is 44.1 Å². The lowest BCUT2D eigenvalue weighted by atomic mass is 9.93. The van der Waals surface area contributed by atoms with Gasteiger partial charge < -0.3 is 25.2 Å². The van der Waals surface area contributed by atoms with Crippen molar-refractivity contribution in [2.45, 2.75) is 26.2 Å². The van der Waals surface area contributed by atoms with Gasteiger partial charge in [0.05, 0.1) is 10.2 Å². The number of carbonyl (C=O) groups is 1. The number of ether oxygens (including phenoxy) is 1. The van der Waals surface area contributed by atoms with E-state index in [9.17, 15) is 4.79 Å². The lowest BCUT2D eigenvalue weighted by molar-refractivity contribution is 0.262. The summed E-state index contributed by atoms with van der Waals surface area (Å²) in [5.41, 5.74) is 3.01. The number of likely N-dealkylation sites (N-methyl/N-ethyl adjacent to an activating group) is 1. The third kappa shape index (κ3) is 7.24. The quantitative estimate of drug-likeness (QED) is 0.144. The first-order valence-corrected chi connectivity index (χ1v) is 14.2. The molecule has 0 aliphatic heterocycles. The van der Waals surface area contributed by atoms with Gasteiger partial charge in [-0.3, -0.25) is 9.72 Å². The minimum Gasteiger partial charge on any atom is -0.492 e. The first-order chi connectivity index (χ1) is 19.8. The van der Waals surface area contributed by atoms with Crippen LogP contribution >= 0.6 is 11.3 Å². The van der Waals surface area contributed by atoms with Gasteiger partial charge in [0.15, 0.2) is 10.8 Å². The Bertz CT molecular complexity index is 1700. The maximum Gasteiger partial charge on any atom is 0.324 e. The molecule has 0 aliphatic carbocycles. The standard InChI is InChI=1S/C30H33N7O3S/c1-30(2,3)26-18-27(36-40-26)35-28(38)33-21-8-5-20(6-9-21)7-10-22-19-37-24-12-11-23(17-25(24)41-29(37)34-22)39-16-15-32-14-13-31-4/h5-6,8-9,11-12,17-19,31-32H,13-16H2,1-4H3,(H2,33,35,36,38). The van der Waals surface area contributed by atoms with E-state index in [1.54, 1.807) is 29.5 Å². The minimum absolute atomic E-state index is 0.191. The van der Waals surface area contributed by atoms with Gasteiger partial charge in [-0.15, -0.1) is 0 Å². The maximum atomic E-state index is 12.3. The maximum absolute atomic E-state index is 12.3. The second kappa shape index (κ2) is 12.4. The molecule has 11 heteroatoms. The molecule has 2 amide bonds. The number of hydrogen-bond acceptors (Lipinski definition) is 8. The van der Waals surface area contributed by atoms with Gasteiger partial charge in [-0.1, -0.05) is 43.2 Å². The smallest absolute Gasteiger partial charge is 0.324 e. The number of thiazole rings is 1. The second-order valence-corrected chi connectivity index (χ2v) is 11.5. The van der Waals surface area contributed by atoms with Gasteiger partial charge in [0.2, 0.25) is 0 Å². The summed E-state index contributed by atoms with van der Waals surface area (Å²) < 4.78 is 14.3. The summed E-state index contributed by atoms with van der Waals surface area (Å²) in [7, 11) is 1.94.